The molecule has 1 amide bonds. The molecule has 0 aromatic rings. The topological polar surface area (TPSA) is 80.4 Å². The minimum Gasteiger partial charge on any atom is -0.504 e. The van der Waals surface area contributed by atoms with Crippen molar-refractivity contribution in [2.75, 3.05) is 0 Å². The number of hydrogen-bond acceptors (Lipinski definition) is 3. The Hall–Kier alpha value is -2.10. The van der Waals surface area contributed by atoms with E-state index in [9.17, 15) is 14.7 Å². The van der Waals surface area contributed by atoms with Crippen LogP contribution in [-0.2, 0) is 9.59 Å². The standard InChI is InChI=1S/C28H37NO3/c1-16-17-6-7-22-27(4,19(17)14-21(30)23(16)31)9-8-18-20-15-26(3,24(29)32)11-10-25(20,2)12-13-28(18,22)5/h6-7,14,18,20,31H,8-13,15H2,1-5H3,(H2,29,32)/t18?,20?,25?,26-,27?,28?/m1/s1. The fraction of sp³-hybridized carbons (Fsp3) is 0.643. The molecule has 0 aliphatic heterocycles. The minimum atomic E-state index is -0.408. The van der Waals surface area contributed by atoms with Gasteiger partial charge >= 0.3 is 0 Å². The second-order valence-corrected chi connectivity index (χ2v) is 12.3. The van der Waals surface area contributed by atoms with Crippen LogP contribution in [0.25, 0.3) is 0 Å². The normalized spacial score (nSPS) is 45.5. The molecule has 0 aromatic heterocycles. The summed E-state index contributed by atoms with van der Waals surface area (Å²) in [7, 11) is 0. The Morgan fingerprint density at radius 1 is 1.03 bits per heavy atom. The number of rotatable bonds is 1. The predicted octanol–water partition coefficient (Wildman–Crippen LogP) is 5.71. The van der Waals surface area contributed by atoms with E-state index in [-0.39, 0.29) is 33.7 Å². The van der Waals surface area contributed by atoms with Crippen LogP contribution in [-0.4, -0.2) is 16.8 Å². The molecule has 3 fully saturated rings. The summed E-state index contributed by atoms with van der Waals surface area (Å²) in [5, 5.41) is 10.2. The Bertz CT molecular complexity index is 1060. The van der Waals surface area contributed by atoms with Crippen molar-refractivity contribution in [2.45, 2.75) is 79.6 Å². The molecule has 172 valence electrons. The van der Waals surface area contributed by atoms with E-state index in [1.165, 1.54) is 12.0 Å². The maximum atomic E-state index is 12.5. The van der Waals surface area contributed by atoms with Crippen LogP contribution in [0.15, 0.2) is 46.3 Å². The van der Waals surface area contributed by atoms with Crippen molar-refractivity contribution in [3.63, 3.8) is 0 Å². The van der Waals surface area contributed by atoms with Gasteiger partial charge in [0.05, 0.1) is 0 Å². The summed E-state index contributed by atoms with van der Waals surface area (Å²) in [6, 6.07) is 0. The number of carbonyl (C=O) groups excluding carboxylic acids is 2. The van der Waals surface area contributed by atoms with Gasteiger partial charge in [0.2, 0.25) is 11.7 Å². The zero-order valence-corrected chi connectivity index (χ0v) is 20.2. The highest BCUT2D eigenvalue weighted by molar-refractivity contribution is 6.06. The number of carbonyl (C=O) groups is 2. The second kappa shape index (κ2) is 6.48. The number of primary amides is 1. The lowest BCUT2D eigenvalue weighted by Gasteiger charge is -2.64. The first kappa shape index (κ1) is 21.7. The lowest BCUT2D eigenvalue weighted by atomic mass is 9.39. The van der Waals surface area contributed by atoms with E-state index in [2.05, 4.69) is 39.8 Å². The number of nitrogens with two attached hydrogens (primary N) is 1. The number of aliphatic hydroxyl groups excluding tert-OH is 1. The Balaban J connectivity index is 1.60. The molecule has 0 heterocycles. The summed E-state index contributed by atoms with van der Waals surface area (Å²) in [4.78, 5) is 24.9. The molecule has 0 bridgehead atoms. The van der Waals surface area contributed by atoms with Gasteiger partial charge in [-0.15, -0.1) is 0 Å². The van der Waals surface area contributed by atoms with Gasteiger partial charge in [0.1, 0.15) is 0 Å². The molecule has 3 N–H and O–H groups in total. The second-order valence-electron chi connectivity index (χ2n) is 12.3. The highest BCUT2D eigenvalue weighted by Crippen LogP contribution is 2.70. The largest absolute Gasteiger partial charge is 0.504 e. The zero-order chi connectivity index (χ0) is 23.3. The molecule has 6 atom stereocenters. The molecule has 4 heteroatoms. The third-order valence-corrected chi connectivity index (χ3v) is 10.7. The van der Waals surface area contributed by atoms with Crippen LogP contribution < -0.4 is 5.73 Å². The van der Waals surface area contributed by atoms with E-state index in [0.29, 0.717) is 17.4 Å². The SMILES string of the molecule is CC1=C(O)C(=O)C=C2C1=CC=C1C2(C)CCC2C3C[C@](C)(C(N)=O)CCC3(C)CCC12C. The summed E-state index contributed by atoms with van der Waals surface area (Å²) in [6.07, 6.45) is 13.4. The van der Waals surface area contributed by atoms with Crippen molar-refractivity contribution in [1.29, 1.82) is 0 Å². The van der Waals surface area contributed by atoms with E-state index in [1.54, 1.807) is 6.08 Å². The molecule has 4 nitrogen and oxygen atoms in total. The Morgan fingerprint density at radius 2 is 1.72 bits per heavy atom. The third kappa shape index (κ3) is 2.61. The molecular weight excluding hydrogens is 398 g/mol. The van der Waals surface area contributed by atoms with E-state index >= 15 is 0 Å². The van der Waals surface area contributed by atoms with Gasteiger partial charge in [-0.2, -0.15) is 0 Å². The molecule has 0 aromatic carbocycles. The maximum Gasteiger partial charge on any atom is 0.223 e. The quantitative estimate of drug-likeness (QED) is 0.554. The number of fused-ring (bicyclic) bond motifs is 7. The summed E-state index contributed by atoms with van der Waals surface area (Å²) in [5.41, 5.74) is 9.81. The van der Waals surface area contributed by atoms with Crippen LogP contribution >= 0.6 is 0 Å². The molecule has 0 spiro atoms. The lowest BCUT2D eigenvalue weighted by molar-refractivity contribution is -0.141. The van der Waals surface area contributed by atoms with Crippen molar-refractivity contribution >= 4 is 11.7 Å². The van der Waals surface area contributed by atoms with Gasteiger partial charge in [-0.25, -0.2) is 0 Å². The van der Waals surface area contributed by atoms with Crippen LogP contribution in [0.1, 0.15) is 79.6 Å². The molecule has 3 saturated carbocycles. The number of hydrogen-bond donors (Lipinski definition) is 2. The zero-order valence-electron chi connectivity index (χ0n) is 20.2. The molecular formula is C28H37NO3. The first-order chi connectivity index (χ1) is 14.9. The van der Waals surface area contributed by atoms with Crippen LogP contribution in [0.3, 0.4) is 0 Å². The molecule has 5 aliphatic rings. The summed E-state index contributed by atoms with van der Waals surface area (Å²) < 4.78 is 0. The van der Waals surface area contributed by atoms with Gasteiger partial charge in [-0.05, 0) is 91.8 Å². The fourth-order valence-corrected chi connectivity index (χ4v) is 8.26. The van der Waals surface area contributed by atoms with Gasteiger partial charge in [-0.1, -0.05) is 45.4 Å². The van der Waals surface area contributed by atoms with Gasteiger partial charge in [-0.3, -0.25) is 9.59 Å². The van der Waals surface area contributed by atoms with Crippen LogP contribution in [0.5, 0.6) is 0 Å². The number of aliphatic hydroxyl groups is 1. The first-order valence-corrected chi connectivity index (χ1v) is 12.3. The van der Waals surface area contributed by atoms with Crippen molar-refractivity contribution in [1.82, 2.24) is 0 Å². The van der Waals surface area contributed by atoms with Gasteiger partial charge in [0.25, 0.3) is 0 Å². The van der Waals surface area contributed by atoms with E-state index in [1.807, 2.05) is 6.92 Å². The van der Waals surface area contributed by atoms with Gasteiger partial charge in [0.15, 0.2) is 5.76 Å². The van der Waals surface area contributed by atoms with Gasteiger partial charge < -0.3 is 10.8 Å². The fourth-order valence-electron chi connectivity index (χ4n) is 8.26. The summed E-state index contributed by atoms with van der Waals surface area (Å²) in [6.45, 7) is 11.1. The van der Waals surface area contributed by atoms with E-state index in [4.69, 9.17) is 5.73 Å². The highest BCUT2D eigenvalue weighted by Gasteiger charge is 2.62. The maximum absolute atomic E-state index is 12.5. The molecule has 0 radical (unpaired) electrons. The molecule has 32 heavy (non-hydrogen) atoms. The predicted molar refractivity (Wildman–Crippen MR) is 126 cm³/mol. The average molecular weight is 436 g/mol. The Morgan fingerprint density at radius 3 is 2.41 bits per heavy atom. The number of amides is 1. The van der Waals surface area contributed by atoms with Gasteiger partial charge in [0, 0.05) is 16.4 Å². The number of allylic oxidation sites excluding steroid dienone is 7. The third-order valence-electron chi connectivity index (χ3n) is 10.7. The van der Waals surface area contributed by atoms with Crippen LogP contribution in [0, 0.1) is 33.5 Å². The Kier molecular flexibility index (Phi) is 4.40. The number of ketones is 1. The minimum absolute atomic E-state index is 0.0378. The molecule has 0 saturated heterocycles. The highest BCUT2D eigenvalue weighted by atomic mass is 16.3. The molecule has 5 unspecified atom stereocenters. The van der Waals surface area contributed by atoms with Crippen molar-refractivity contribution in [2.24, 2.45) is 39.2 Å². The van der Waals surface area contributed by atoms with Crippen molar-refractivity contribution in [3.05, 3.63) is 46.3 Å². The Labute approximate surface area is 191 Å². The van der Waals surface area contributed by atoms with Crippen molar-refractivity contribution in [3.8, 4) is 0 Å². The van der Waals surface area contributed by atoms with E-state index in [0.717, 1.165) is 49.7 Å². The van der Waals surface area contributed by atoms with E-state index < -0.39 is 5.41 Å². The summed E-state index contributed by atoms with van der Waals surface area (Å²) >= 11 is 0. The van der Waals surface area contributed by atoms with Crippen LogP contribution in [0.2, 0.25) is 0 Å². The first-order valence-electron chi connectivity index (χ1n) is 12.3. The van der Waals surface area contributed by atoms with Crippen LogP contribution in [0.4, 0.5) is 0 Å². The summed E-state index contributed by atoms with van der Waals surface area (Å²) in [5.74, 6) is 0.451. The van der Waals surface area contributed by atoms with Crippen molar-refractivity contribution < 1.29 is 14.7 Å². The lowest BCUT2D eigenvalue weighted by Crippen LogP contribution is -2.57. The average Bonchev–Trinajstić information content (AvgIpc) is 2.73. The molecule has 5 aliphatic carbocycles. The smallest absolute Gasteiger partial charge is 0.223 e. The molecule has 5 rings (SSSR count). The monoisotopic (exact) mass is 435 g/mol.